The predicted octanol–water partition coefficient (Wildman–Crippen LogP) is 3.12. The molecule has 0 saturated heterocycles. The molecule has 7 nitrogen and oxygen atoms in total. The van der Waals surface area contributed by atoms with Crippen molar-refractivity contribution >= 4 is 44.3 Å². The summed E-state index contributed by atoms with van der Waals surface area (Å²) in [5, 5.41) is 20.2. The fraction of sp³-hybridized carbons (Fsp3) is 0.0909. The van der Waals surface area contributed by atoms with E-state index in [0.717, 1.165) is 29.5 Å². The number of nitrogens with zero attached hydrogens (tertiary/aromatic N) is 1. The molecule has 0 aliphatic carbocycles. The number of hydrogen-bond donors (Lipinski definition) is 2. The quantitative estimate of drug-likeness (QED) is 0.501. The molecule has 0 aliphatic heterocycles. The second kappa shape index (κ2) is 5.51. The largest absolute Gasteiger partial charge is 0.505 e. The highest BCUT2D eigenvalue weighted by atomic mass is 35.5. The van der Waals surface area contributed by atoms with E-state index in [0.29, 0.717) is 9.90 Å². The maximum Gasteiger partial charge on any atom is 0.273 e. The fourth-order valence-corrected chi connectivity index (χ4v) is 4.26. The molecule has 1 heterocycles. The second-order valence-corrected chi connectivity index (χ2v) is 7.65. The Morgan fingerprint density at radius 3 is 2.52 bits per heavy atom. The molecule has 0 aliphatic rings. The fourth-order valence-electron chi connectivity index (χ4n) is 1.48. The molecule has 0 saturated carbocycles. The van der Waals surface area contributed by atoms with Gasteiger partial charge >= 0.3 is 0 Å². The number of hydrogen-bond acceptors (Lipinski definition) is 6. The van der Waals surface area contributed by atoms with Crippen LogP contribution in [0.4, 0.5) is 11.4 Å². The van der Waals surface area contributed by atoms with Crippen LogP contribution in [-0.2, 0) is 10.0 Å². The van der Waals surface area contributed by atoms with E-state index in [1.165, 1.54) is 6.07 Å². The number of anilines is 1. The van der Waals surface area contributed by atoms with Crippen LogP contribution in [0.5, 0.6) is 5.75 Å². The topological polar surface area (TPSA) is 110 Å². The third-order valence-electron chi connectivity index (χ3n) is 2.54. The Balaban J connectivity index is 2.35. The summed E-state index contributed by atoms with van der Waals surface area (Å²) >= 11 is 6.71. The van der Waals surface area contributed by atoms with E-state index in [4.69, 9.17) is 11.6 Å². The number of phenols is 1. The minimum absolute atomic E-state index is 0.0113. The zero-order chi connectivity index (χ0) is 15.8. The molecule has 2 rings (SSSR count). The maximum atomic E-state index is 12.1. The van der Waals surface area contributed by atoms with Gasteiger partial charge in [0.05, 0.1) is 21.0 Å². The molecule has 2 aromatic rings. The summed E-state index contributed by atoms with van der Waals surface area (Å²) in [5.74, 6) is -0.535. The highest BCUT2D eigenvalue weighted by Crippen LogP contribution is 2.34. The minimum atomic E-state index is -3.92. The van der Waals surface area contributed by atoms with Crippen LogP contribution < -0.4 is 4.72 Å². The SMILES string of the molecule is Cc1cc(S(=O)(=O)Nc2ccc([N+](=O)[O-])cc2O)sc1Cl. The van der Waals surface area contributed by atoms with Gasteiger partial charge in [0.25, 0.3) is 15.7 Å². The third kappa shape index (κ3) is 3.26. The molecule has 2 N–H and O–H groups in total. The summed E-state index contributed by atoms with van der Waals surface area (Å²) in [6, 6.07) is 4.47. The third-order valence-corrected chi connectivity index (χ3v) is 5.93. The number of thiophene rings is 1. The molecule has 0 unspecified atom stereocenters. The molecule has 0 atom stereocenters. The normalized spacial score (nSPS) is 11.3. The lowest BCUT2D eigenvalue weighted by Gasteiger charge is -2.07. The van der Waals surface area contributed by atoms with Crippen molar-refractivity contribution in [3.63, 3.8) is 0 Å². The average molecular weight is 349 g/mol. The average Bonchev–Trinajstić information content (AvgIpc) is 2.72. The molecule has 0 spiro atoms. The molecule has 0 bridgehead atoms. The molecule has 1 aromatic carbocycles. The van der Waals surface area contributed by atoms with Crippen molar-refractivity contribution in [2.24, 2.45) is 0 Å². The van der Waals surface area contributed by atoms with Crippen molar-refractivity contribution in [1.82, 2.24) is 0 Å². The van der Waals surface area contributed by atoms with E-state index >= 15 is 0 Å². The number of benzene rings is 1. The van der Waals surface area contributed by atoms with Crippen LogP contribution in [0.3, 0.4) is 0 Å². The van der Waals surface area contributed by atoms with Crippen molar-refractivity contribution in [3.05, 3.63) is 44.3 Å². The zero-order valence-corrected chi connectivity index (χ0v) is 12.9. The lowest BCUT2D eigenvalue weighted by atomic mass is 10.3. The Morgan fingerprint density at radius 1 is 1.38 bits per heavy atom. The Hall–Kier alpha value is -1.84. The minimum Gasteiger partial charge on any atom is -0.505 e. The van der Waals surface area contributed by atoms with Crippen molar-refractivity contribution in [3.8, 4) is 5.75 Å². The van der Waals surface area contributed by atoms with Crippen molar-refractivity contribution < 1.29 is 18.4 Å². The summed E-state index contributed by atoms with van der Waals surface area (Å²) in [4.78, 5) is 9.86. The van der Waals surface area contributed by atoms with E-state index in [9.17, 15) is 23.6 Å². The van der Waals surface area contributed by atoms with Crippen molar-refractivity contribution in [1.29, 1.82) is 0 Å². The van der Waals surface area contributed by atoms with E-state index in [-0.39, 0.29) is 15.6 Å². The van der Waals surface area contributed by atoms with Gasteiger partial charge < -0.3 is 5.11 Å². The smallest absolute Gasteiger partial charge is 0.273 e. The molecule has 0 radical (unpaired) electrons. The molecular weight excluding hydrogens is 340 g/mol. The standard InChI is InChI=1S/C11H9ClN2O5S2/c1-6-4-10(20-11(6)12)21(18,19)13-8-3-2-7(14(16)17)5-9(8)15/h2-5,13,15H,1H3. The number of nitro groups is 1. The first-order chi connectivity index (χ1) is 9.70. The van der Waals surface area contributed by atoms with Crippen LogP contribution in [-0.4, -0.2) is 18.4 Å². The number of non-ortho nitro benzene ring substituents is 1. The van der Waals surface area contributed by atoms with Gasteiger partial charge in [0.1, 0.15) is 9.96 Å². The first-order valence-electron chi connectivity index (χ1n) is 5.47. The first kappa shape index (κ1) is 15.5. The van der Waals surface area contributed by atoms with E-state index in [1.54, 1.807) is 6.92 Å². The monoisotopic (exact) mass is 348 g/mol. The van der Waals surface area contributed by atoms with Crippen LogP contribution in [0.25, 0.3) is 0 Å². The van der Waals surface area contributed by atoms with Gasteiger partial charge in [-0.3, -0.25) is 14.8 Å². The van der Waals surface area contributed by atoms with Gasteiger partial charge in [-0.05, 0) is 24.6 Å². The molecule has 21 heavy (non-hydrogen) atoms. The second-order valence-electron chi connectivity index (χ2n) is 4.09. The highest BCUT2D eigenvalue weighted by Gasteiger charge is 2.21. The molecule has 1 aromatic heterocycles. The summed E-state index contributed by atoms with van der Waals surface area (Å²) in [6.07, 6.45) is 0. The number of halogens is 1. The van der Waals surface area contributed by atoms with Gasteiger partial charge in [-0.1, -0.05) is 11.6 Å². The first-order valence-corrected chi connectivity index (χ1v) is 8.14. The van der Waals surface area contributed by atoms with Gasteiger partial charge in [-0.2, -0.15) is 0 Å². The van der Waals surface area contributed by atoms with Crippen LogP contribution in [0, 0.1) is 17.0 Å². The molecule has 0 amide bonds. The van der Waals surface area contributed by atoms with Crippen LogP contribution >= 0.6 is 22.9 Å². The Morgan fingerprint density at radius 2 is 2.05 bits per heavy atom. The molecular formula is C11H9ClN2O5S2. The van der Waals surface area contributed by atoms with Crippen LogP contribution in [0.2, 0.25) is 4.34 Å². The summed E-state index contributed by atoms with van der Waals surface area (Å²) in [6.45, 7) is 1.67. The van der Waals surface area contributed by atoms with E-state index < -0.39 is 20.7 Å². The number of sulfonamides is 1. The molecule has 10 heteroatoms. The summed E-state index contributed by atoms with van der Waals surface area (Å²) in [7, 11) is -3.92. The Labute approximate surface area is 129 Å². The number of nitrogens with one attached hydrogen (secondary N) is 1. The number of rotatable bonds is 4. The predicted molar refractivity (Wildman–Crippen MR) is 79.6 cm³/mol. The van der Waals surface area contributed by atoms with Gasteiger partial charge in [0.15, 0.2) is 0 Å². The Kier molecular flexibility index (Phi) is 4.08. The van der Waals surface area contributed by atoms with Gasteiger partial charge in [0, 0.05) is 6.07 Å². The van der Waals surface area contributed by atoms with E-state index in [2.05, 4.69) is 4.72 Å². The molecule has 0 fully saturated rings. The summed E-state index contributed by atoms with van der Waals surface area (Å²) in [5.41, 5.74) is 0.128. The van der Waals surface area contributed by atoms with Gasteiger partial charge in [-0.25, -0.2) is 8.42 Å². The van der Waals surface area contributed by atoms with Crippen LogP contribution in [0.15, 0.2) is 28.5 Å². The van der Waals surface area contributed by atoms with Gasteiger partial charge in [-0.15, -0.1) is 11.3 Å². The number of aromatic hydroxyl groups is 1. The Bertz CT molecular complexity index is 797. The number of nitro benzene ring substituents is 1. The summed E-state index contributed by atoms with van der Waals surface area (Å²) < 4.78 is 26.8. The zero-order valence-electron chi connectivity index (χ0n) is 10.5. The lowest BCUT2D eigenvalue weighted by molar-refractivity contribution is -0.384. The van der Waals surface area contributed by atoms with E-state index in [1.807, 2.05) is 0 Å². The van der Waals surface area contributed by atoms with Crippen molar-refractivity contribution in [2.45, 2.75) is 11.1 Å². The number of aryl methyl sites for hydroxylation is 1. The highest BCUT2D eigenvalue weighted by molar-refractivity contribution is 7.94. The maximum absolute atomic E-state index is 12.1. The van der Waals surface area contributed by atoms with Gasteiger partial charge in [0.2, 0.25) is 0 Å². The lowest BCUT2D eigenvalue weighted by Crippen LogP contribution is -2.11. The van der Waals surface area contributed by atoms with Crippen LogP contribution in [0.1, 0.15) is 5.56 Å². The molecule has 112 valence electrons. The number of phenolic OH excluding ortho intramolecular Hbond substituents is 1. The van der Waals surface area contributed by atoms with Crippen molar-refractivity contribution in [2.75, 3.05) is 4.72 Å².